The minimum absolute atomic E-state index is 0.0715. The van der Waals surface area contributed by atoms with Crippen LogP contribution in [0.2, 0.25) is 0 Å². The molecule has 138 valence electrons. The van der Waals surface area contributed by atoms with E-state index in [1.165, 1.54) is 6.92 Å². The number of aliphatic hydroxyl groups is 1. The van der Waals surface area contributed by atoms with Crippen LogP contribution in [0.3, 0.4) is 0 Å². The van der Waals surface area contributed by atoms with Gasteiger partial charge in [0.2, 0.25) is 17.7 Å². The van der Waals surface area contributed by atoms with Gasteiger partial charge in [-0.1, -0.05) is 13.8 Å². The van der Waals surface area contributed by atoms with Crippen molar-refractivity contribution in [3.63, 3.8) is 0 Å². The summed E-state index contributed by atoms with van der Waals surface area (Å²) in [5.41, 5.74) is 5.26. The van der Waals surface area contributed by atoms with E-state index in [1.54, 1.807) is 0 Å². The molecule has 3 amide bonds. The predicted molar refractivity (Wildman–Crippen MR) is 84.7 cm³/mol. The Morgan fingerprint density at radius 3 is 2.08 bits per heavy atom. The van der Waals surface area contributed by atoms with Gasteiger partial charge in [-0.15, -0.1) is 0 Å². The number of aliphatic carboxylic acids is 1. The highest BCUT2D eigenvalue weighted by Crippen LogP contribution is 2.05. The first-order valence-electron chi connectivity index (χ1n) is 7.55. The van der Waals surface area contributed by atoms with Crippen LogP contribution in [-0.2, 0) is 19.2 Å². The molecule has 0 radical (unpaired) electrons. The molecule has 0 saturated heterocycles. The maximum absolute atomic E-state index is 11.9. The summed E-state index contributed by atoms with van der Waals surface area (Å²) in [5, 5.41) is 24.6. The van der Waals surface area contributed by atoms with Crippen LogP contribution < -0.4 is 21.7 Å². The van der Waals surface area contributed by atoms with Crippen molar-refractivity contribution in [1.29, 1.82) is 0 Å². The minimum atomic E-state index is -1.15. The fraction of sp³-hybridized carbons (Fsp3) is 0.714. The molecule has 0 aliphatic carbocycles. The smallest absolute Gasteiger partial charge is 0.326 e. The first kappa shape index (κ1) is 21.8. The Hall–Kier alpha value is -2.20. The summed E-state index contributed by atoms with van der Waals surface area (Å²) >= 11 is 0. The number of aliphatic hydroxyl groups excluding tert-OH is 1. The molecular formula is C14H26N4O6. The van der Waals surface area contributed by atoms with Crippen molar-refractivity contribution in [3.8, 4) is 0 Å². The van der Waals surface area contributed by atoms with Crippen molar-refractivity contribution in [2.24, 2.45) is 11.7 Å². The molecule has 0 aromatic carbocycles. The second kappa shape index (κ2) is 10.6. The first-order chi connectivity index (χ1) is 11.1. The molecule has 3 unspecified atom stereocenters. The lowest BCUT2D eigenvalue weighted by Crippen LogP contribution is -2.53. The van der Waals surface area contributed by atoms with Gasteiger partial charge in [-0.3, -0.25) is 14.4 Å². The van der Waals surface area contributed by atoms with Gasteiger partial charge in [-0.2, -0.15) is 0 Å². The highest BCUT2D eigenvalue weighted by atomic mass is 16.4. The number of carboxylic acids is 1. The highest BCUT2D eigenvalue weighted by molar-refractivity contribution is 5.92. The minimum Gasteiger partial charge on any atom is -0.480 e. The largest absolute Gasteiger partial charge is 0.480 e. The number of nitrogens with one attached hydrogen (secondary N) is 3. The van der Waals surface area contributed by atoms with Gasteiger partial charge in [0.15, 0.2) is 0 Å². The number of carbonyl (C=O) groups excluding carboxylic acids is 3. The Morgan fingerprint density at radius 1 is 1.04 bits per heavy atom. The SMILES string of the molecule is CC(C)CC(NC(=O)C(C)NC(=O)CNC(=O)C(N)CO)C(=O)O. The van der Waals surface area contributed by atoms with Gasteiger partial charge >= 0.3 is 5.97 Å². The van der Waals surface area contributed by atoms with E-state index in [0.29, 0.717) is 0 Å². The van der Waals surface area contributed by atoms with Crippen molar-refractivity contribution in [3.05, 3.63) is 0 Å². The molecule has 10 heteroatoms. The van der Waals surface area contributed by atoms with Gasteiger partial charge in [0.25, 0.3) is 0 Å². The van der Waals surface area contributed by atoms with Gasteiger partial charge in [0.1, 0.15) is 18.1 Å². The predicted octanol–water partition coefficient (Wildman–Crippen LogP) is -2.46. The topological polar surface area (TPSA) is 171 Å². The zero-order chi connectivity index (χ0) is 18.9. The van der Waals surface area contributed by atoms with E-state index in [1.807, 2.05) is 13.8 Å². The molecule has 0 aromatic heterocycles. The molecule has 10 nitrogen and oxygen atoms in total. The molecule has 0 fully saturated rings. The molecule has 7 N–H and O–H groups in total. The molecular weight excluding hydrogens is 320 g/mol. The van der Waals surface area contributed by atoms with E-state index in [0.717, 1.165) is 0 Å². The molecule has 0 aliphatic heterocycles. The van der Waals surface area contributed by atoms with E-state index < -0.39 is 55.0 Å². The zero-order valence-electron chi connectivity index (χ0n) is 14.0. The zero-order valence-corrected chi connectivity index (χ0v) is 14.0. The van der Waals surface area contributed by atoms with Crippen LogP contribution >= 0.6 is 0 Å². The maximum atomic E-state index is 11.9. The quantitative estimate of drug-likeness (QED) is 0.255. The first-order valence-corrected chi connectivity index (χ1v) is 7.55. The van der Waals surface area contributed by atoms with E-state index >= 15 is 0 Å². The number of rotatable bonds is 10. The summed E-state index contributed by atoms with van der Waals surface area (Å²) in [5.74, 6) is -3.07. The summed E-state index contributed by atoms with van der Waals surface area (Å²) in [7, 11) is 0. The standard InChI is InChI=1S/C14H26N4O6/c1-7(2)4-10(14(23)24)18-12(21)8(3)17-11(20)5-16-13(22)9(15)6-19/h7-10,19H,4-6,15H2,1-3H3,(H,16,22)(H,17,20)(H,18,21)(H,23,24). The summed E-state index contributed by atoms with van der Waals surface area (Å²) < 4.78 is 0. The van der Waals surface area contributed by atoms with Crippen molar-refractivity contribution in [2.45, 2.75) is 45.3 Å². The molecule has 0 rings (SSSR count). The maximum Gasteiger partial charge on any atom is 0.326 e. The third-order valence-corrected chi connectivity index (χ3v) is 3.05. The Labute approximate surface area is 140 Å². The Kier molecular flexibility index (Phi) is 9.58. The van der Waals surface area contributed by atoms with Gasteiger partial charge in [-0.05, 0) is 19.3 Å². The van der Waals surface area contributed by atoms with Crippen molar-refractivity contribution in [2.75, 3.05) is 13.2 Å². The number of amides is 3. The Morgan fingerprint density at radius 2 is 1.62 bits per heavy atom. The van der Waals surface area contributed by atoms with Crippen molar-refractivity contribution >= 4 is 23.7 Å². The number of nitrogens with two attached hydrogens (primary N) is 1. The molecule has 0 spiro atoms. The monoisotopic (exact) mass is 346 g/mol. The fourth-order valence-corrected chi connectivity index (χ4v) is 1.73. The lowest BCUT2D eigenvalue weighted by atomic mass is 10.0. The Bertz CT molecular complexity index is 468. The molecule has 3 atom stereocenters. The average Bonchev–Trinajstić information content (AvgIpc) is 2.50. The molecule has 0 aliphatic rings. The lowest BCUT2D eigenvalue weighted by Gasteiger charge is -2.20. The van der Waals surface area contributed by atoms with Crippen LogP contribution in [-0.4, -0.2) is 65.2 Å². The van der Waals surface area contributed by atoms with Crippen LogP contribution in [0.15, 0.2) is 0 Å². The van der Waals surface area contributed by atoms with Crippen molar-refractivity contribution < 1.29 is 29.4 Å². The second-order valence-corrected chi connectivity index (χ2v) is 5.83. The summed E-state index contributed by atoms with van der Waals surface area (Å²) in [4.78, 5) is 46.0. The Balaban J connectivity index is 4.40. The van der Waals surface area contributed by atoms with Crippen LogP contribution in [0.4, 0.5) is 0 Å². The van der Waals surface area contributed by atoms with Crippen molar-refractivity contribution in [1.82, 2.24) is 16.0 Å². The number of hydrogen-bond donors (Lipinski definition) is 6. The average molecular weight is 346 g/mol. The van der Waals surface area contributed by atoms with Gasteiger partial charge < -0.3 is 31.9 Å². The number of carbonyl (C=O) groups is 4. The molecule has 0 bridgehead atoms. The summed E-state index contributed by atoms with van der Waals surface area (Å²) in [6.07, 6.45) is 0.261. The second-order valence-electron chi connectivity index (χ2n) is 5.83. The normalized spacial score (nSPS) is 14.4. The lowest BCUT2D eigenvalue weighted by molar-refractivity contribution is -0.142. The van der Waals surface area contributed by atoms with Crippen LogP contribution in [0.1, 0.15) is 27.2 Å². The highest BCUT2D eigenvalue weighted by Gasteiger charge is 2.24. The third kappa shape index (κ3) is 8.44. The van der Waals surface area contributed by atoms with Crippen LogP contribution in [0.5, 0.6) is 0 Å². The van der Waals surface area contributed by atoms with Crippen LogP contribution in [0, 0.1) is 5.92 Å². The van der Waals surface area contributed by atoms with Gasteiger partial charge in [0.05, 0.1) is 13.2 Å². The molecule has 24 heavy (non-hydrogen) atoms. The van der Waals surface area contributed by atoms with E-state index in [4.69, 9.17) is 15.9 Å². The van der Waals surface area contributed by atoms with E-state index in [2.05, 4.69) is 16.0 Å². The molecule has 0 saturated carbocycles. The van der Waals surface area contributed by atoms with Gasteiger partial charge in [-0.25, -0.2) is 4.79 Å². The molecule has 0 heterocycles. The fourth-order valence-electron chi connectivity index (χ4n) is 1.73. The molecule has 0 aromatic rings. The van der Waals surface area contributed by atoms with Crippen LogP contribution in [0.25, 0.3) is 0 Å². The van der Waals surface area contributed by atoms with E-state index in [-0.39, 0.29) is 12.3 Å². The van der Waals surface area contributed by atoms with E-state index in [9.17, 15) is 19.2 Å². The number of hydrogen-bond acceptors (Lipinski definition) is 6. The third-order valence-electron chi connectivity index (χ3n) is 3.05. The summed E-state index contributed by atoms with van der Waals surface area (Å²) in [6, 6.07) is -3.15. The van der Waals surface area contributed by atoms with Gasteiger partial charge in [0, 0.05) is 0 Å². The summed E-state index contributed by atoms with van der Waals surface area (Å²) in [6.45, 7) is 4.07. The number of carboxylic acid groups (broad SMARTS) is 1.